The Hall–Kier alpha value is -2.46. The highest BCUT2D eigenvalue weighted by molar-refractivity contribution is 7.92. The van der Waals surface area contributed by atoms with Crippen molar-refractivity contribution in [3.05, 3.63) is 58.1 Å². The molecule has 0 aromatic heterocycles. The molecule has 0 radical (unpaired) electrons. The molecule has 11 heteroatoms. The number of aryl methyl sites for hydroxylation is 2. The van der Waals surface area contributed by atoms with E-state index in [0.29, 0.717) is 16.1 Å². The molecule has 6 nitrogen and oxygen atoms in total. The second-order valence-electron chi connectivity index (χ2n) is 6.95. The SMILES string of the molecule is Cc1cc(C)cc(OCCNC(=O)CN(c2ccc(Cl)c(C(F)(F)F)c2)S(C)(=O)=O)c1. The maximum Gasteiger partial charge on any atom is 0.417 e. The normalized spacial score (nSPS) is 11.8. The molecule has 1 amide bonds. The van der Waals surface area contributed by atoms with E-state index in [2.05, 4.69) is 5.32 Å². The summed E-state index contributed by atoms with van der Waals surface area (Å²) >= 11 is 5.58. The van der Waals surface area contributed by atoms with Crippen molar-refractivity contribution in [2.24, 2.45) is 0 Å². The Bertz CT molecular complexity index is 1040. The number of carbonyl (C=O) groups is 1. The number of hydrogen-bond donors (Lipinski definition) is 1. The van der Waals surface area contributed by atoms with E-state index in [4.69, 9.17) is 16.3 Å². The van der Waals surface area contributed by atoms with Gasteiger partial charge in [0.15, 0.2) is 0 Å². The molecule has 0 aliphatic heterocycles. The van der Waals surface area contributed by atoms with E-state index in [1.165, 1.54) is 0 Å². The molecular formula is C20H22ClF3N2O4S. The zero-order valence-corrected chi connectivity index (χ0v) is 18.7. The Balaban J connectivity index is 2.04. The number of halogens is 4. The van der Waals surface area contributed by atoms with E-state index in [9.17, 15) is 26.4 Å². The number of rotatable bonds is 8. The van der Waals surface area contributed by atoms with E-state index in [1.807, 2.05) is 32.0 Å². The fourth-order valence-electron chi connectivity index (χ4n) is 2.85. The molecule has 0 heterocycles. The topological polar surface area (TPSA) is 75.7 Å². The maximum atomic E-state index is 13.1. The van der Waals surface area contributed by atoms with Crippen LogP contribution in [0, 0.1) is 13.8 Å². The Morgan fingerprint density at radius 2 is 1.74 bits per heavy atom. The van der Waals surface area contributed by atoms with Gasteiger partial charge in [0, 0.05) is 0 Å². The van der Waals surface area contributed by atoms with Crippen LogP contribution in [-0.2, 0) is 21.0 Å². The molecule has 0 saturated heterocycles. The third kappa shape index (κ3) is 7.32. The second kappa shape index (κ2) is 9.78. The number of nitrogens with zero attached hydrogens (tertiary/aromatic N) is 1. The van der Waals surface area contributed by atoms with Crippen LogP contribution in [0.5, 0.6) is 5.75 Å². The van der Waals surface area contributed by atoms with E-state index in [1.54, 1.807) is 0 Å². The van der Waals surface area contributed by atoms with E-state index < -0.39 is 39.2 Å². The fourth-order valence-corrected chi connectivity index (χ4v) is 3.92. The Kier molecular flexibility index (Phi) is 7.82. The highest BCUT2D eigenvalue weighted by Gasteiger charge is 2.34. The molecule has 1 N–H and O–H groups in total. The molecule has 0 unspecified atom stereocenters. The molecule has 170 valence electrons. The largest absolute Gasteiger partial charge is 0.492 e. The standard InChI is InChI=1S/C20H22ClF3N2O4S/c1-13-8-14(2)10-16(9-13)30-7-6-25-19(27)12-26(31(3,28)29)15-4-5-18(21)17(11-15)20(22,23)24/h4-5,8-11H,6-7,12H2,1-3H3,(H,25,27). The third-order valence-electron chi connectivity index (χ3n) is 4.12. The summed E-state index contributed by atoms with van der Waals surface area (Å²) in [6.45, 7) is 3.36. The lowest BCUT2D eigenvalue weighted by Gasteiger charge is -2.23. The van der Waals surface area contributed by atoms with Crippen LogP contribution in [0.2, 0.25) is 5.02 Å². The van der Waals surface area contributed by atoms with Crippen LogP contribution in [0.15, 0.2) is 36.4 Å². The van der Waals surface area contributed by atoms with Gasteiger partial charge < -0.3 is 10.1 Å². The summed E-state index contributed by atoms with van der Waals surface area (Å²) in [6, 6.07) is 8.29. The molecule has 2 rings (SSSR count). The summed E-state index contributed by atoms with van der Waals surface area (Å²) in [5, 5.41) is 1.92. The zero-order chi connectivity index (χ0) is 23.4. The molecular weight excluding hydrogens is 457 g/mol. The van der Waals surface area contributed by atoms with Gasteiger partial charge in [0.25, 0.3) is 0 Å². The predicted molar refractivity (Wildman–Crippen MR) is 113 cm³/mol. The summed E-state index contributed by atoms with van der Waals surface area (Å²) in [5.74, 6) is -0.0664. The first-order valence-electron chi connectivity index (χ1n) is 9.09. The molecule has 0 aliphatic rings. The lowest BCUT2D eigenvalue weighted by Crippen LogP contribution is -2.41. The molecule has 0 spiro atoms. The van der Waals surface area contributed by atoms with Crippen LogP contribution in [0.4, 0.5) is 18.9 Å². The first-order valence-corrected chi connectivity index (χ1v) is 11.3. The second-order valence-corrected chi connectivity index (χ2v) is 9.27. The van der Waals surface area contributed by atoms with Gasteiger partial charge in [0.2, 0.25) is 15.9 Å². The minimum Gasteiger partial charge on any atom is -0.492 e. The zero-order valence-electron chi connectivity index (χ0n) is 17.1. The summed E-state index contributed by atoms with van der Waals surface area (Å²) in [5.41, 5.74) is 0.525. The number of ether oxygens (including phenoxy) is 1. The van der Waals surface area contributed by atoms with Crippen molar-refractivity contribution in [2.45, 2.75) is 20.0 Å². The van der Waals surface area contributed by atoms with Gasteiger partial charge >= 0.3 is 6.18 Å². The Morgan fingerprint density at radius 1 is 1.13 bits per heavy atom. The van der Waals surface area contributed by atoms with E-state index in [-0.39, 0.29) is 18.8 Å². The van der Waals surface area contributed by atoms with Crippen molar-refractivity contribution in [2.75, 3.05) is 30.3 Å². The molecule has 0 fully saturated rings. The van der Waals surface area contributed by atoms with Crippen LogP contribution in [0.1, 0.15) is 16.7 Å². The van der Waals surface area contributed by atoms with Crippen molar-refractivity contribution in [3.63, 3.8) is 0 Å². The minimum absolute atomic E-state index is 0.0812. The van der Waals surface area contributed by atoms with Crippen LogP contribution >= 0.6 is 11.6 Å². The number of benzene rings is 2. The number of anilines is 1. The van der Waals surface area contributed by atoms with Gasteiger partial charge in [-0.1, -0.05) is 17.7 Å². The number of sulfonamides is 1. The van der Waals surface area contributed by atoms with E-state index in [0.717, 1.165) is 29.5 Å². The molecule has 0 atom stereocenters. The summed E-state index contributed by atoms with van der Waals surface area (Å²) in [6.07, 6.45) is -3.98. The van der Waals surface area contributed by atoms with Gasteiger partial charge in [-0.2, -0.15) is 13.2 Å². The minimum atomic E-state index is -4.77. The third-order valence-corrected chi connectivity index (χ3v) is 5.59. The lowest BCUT2D eigenvalue weighted by molar-refractivity contribution is -0.137. The summed E-state index contributed by atoms with van der Waals surface area (Å²) in [7, 11) is -4.04. The van der Waals surface area contributed by atoms with Gasteiger partial charge in [-0.3, -0.25) is 9.10 Å². The number of hydrogen-bond acceptors (Lipinski definition) is 4. The average Bonchev–Trinajstić information content (AvgIpc) is 2.61. The molecule has 2 aromatic rings. The predicted octanol–water partition coefficient (Wildman–Crippen LogP) is 3.94. The van der Waals surface area contributed by atoms with Gasteiger partial charge in [0.05, 0.1) is 29.1 Å². The number of carbonyl (C=O) groups excluding carboxylic acids is 1. The number of amides is 1. The highest BCUT2D eigenvalue weighted by Crippen LogP contribution is 2.37. The Morgan fingerprint density at radius 3 is 2.29 bits per heavy atom. The van der Waals surface area contributed by atoms with Gasteiger partial charge in [0.1, 0.15) is 18.9 Å². The lowest BCUT2D eigenvalue weighted by atomic mass is 10.1. The van der Waals surface area contributed by atoms with Gasteiger partial charge in [-0.25, -0.2) is 8.42 Å². The molecule has 0 bridgehead atoms. The van der Waals surface area contributed by atoms with Crippen LogP contribution in [0.3, 0.4) is 0 Å². The average molecular weight is 479 g/mol. The molecule has 0 aliphatic carbocycles. The number of nitrogens with one attached hydrogen (secondary N) is 1. The van der Waals surface area contributed by atoms with Crippen molar-refractivity contribution in [3.8, 4) is 5.75 Å². The Labute approximate surface area is 184 Å². The molecule has 31 heavy (non-hydrogen) atoms. The summed E-state index contributed by atoms with van der Waals surface area (Å²) < 4.78 is 69.6. The maximum absolute atomic E-state index is 13.1. The molecule has 0 saturated carbocycles. The van der Waals surface area contributed by atoms with Gasteiger partial charge in [-0.15, -0.1) is 0 Å². The highest BCUT2D eigenvalue weighted by atomic mass is 35.5. The van der Waals surface area contributed by atoms with E-state index >= 15 is 0 Å². The van der Waals surface area contributed by atoms with Gasteiger partial charge in [-0.05, 0) is 55.3 Å². The van der Waals surface area contributed by atoms with Crippen molar-refractivity contribution in [1.29, 1.82) is 0 Å². The van der Waals surface area contributed by atoms with Crippen molar-refractivity contribution in [1.82, 2.24) is 5.32 Å². The first kappa shape index (κ1) is 24.8. The molecule has 2 aromatic carbocycles. The first-order chi connectivity index (χ1) is 14.3. The van der Waals surface area contributed by atoms with Crippen molar-refractivity contribution < 1.29 is 31.1 Å². The summed E-state index contributed by atoms with van der Waals surface area (Å²) in [4.78, 5) is 12.2. The van der Waals surface area contributed by atoms with Crippen LogP contribution in [0.25, 0.3) is 0 Å². The number of alkyl halides is 3. The monoisotopic (exact) mass is 478 g/mol. The van der Waals surface area contributed by atoms with Crippen LogP contribution < -0.4 is 14.4 Å². The van der Waals surface area contributed by atoms with Crippen LogP contribution in [-0.4, -0.2) is 40.3 Å². The fraction of sp³-hybridized carbons (Fsp3) is 0.350. The van der Waals surface area contributed by atoms with Crippen molar-refractivity contribution >= 4 is 33.2 Å². The smallest absolute Gasteiger partial charge is 0.417 e. The quantitative estimate of drug-likeness (QED) is 0.583.